The Labute approximate surface area is 145 Å². The molecule has 1 aliphatic heterocycles. The van der Waals surface area contributed by atoms with Crippen molar-refractivity contribution in [2.75, 3.05) is 39.3 Å². The van der Waals surface area contributed by atoms with Crippen LogP contribution >= 0.6 is 23.7 Å². The summed E-state index contributed by atoms with van der Waals surface area (Å²) in [7, 11) is 0. The highest BCUT2D eigenvalue weighted by Gasteiger charge is 2.17. The van der Waals surface area contributed by atoms with Gasteiger partial charge in [-0.25, -0.2) is 4.39 Å². The van der Waals surface area contributed by atoms with Gasteiger partial charge in [-0.2, -0.15) is 0 Å². The maximum atomic E-state index is 13.9. The first-order valence-electron chi connectivity index (χ1n) is 7.55. The highest BCUT2D eigenvalue weighted by molar-refractivity contribution is 7.21. The molecule has 4 nitrogen and oxygen atoms in total. The second-order valence-corrected chi connectivity index (χ2v) is 6.57. The molecule has 1 aliphatic rings. The fraction of sp³-hybridized carbons (Fsp3) is 0.438. The second-order valence-electron chi connectivity index (χ2n) is 5.52. The number of hydrogen-bond donors (Lipinski definition) is 2. The fourth-order valence-electron chi connectivity index (χ4n) is 2.81. The predicted molar refractivity (Wildman–Crippen MR) is 95.4 cm³/mol. The normalized spacial score (nSPS) is 15.4. The first-order chi connectivity index (χ1) is 10.7. The molecule has 0 atom stereocenters. The molecule has 0 saturated carbocycles. The van der Waals surface area contributed by atoms with Crippen molar-refractivity contribution in [2.45, 2.75) is 6.92 Å². The number of aryl methyl sites for hydroxylation is 1. The fourth-order valence-corrected chi connectivity index (χ4v) is 3.95. The molecule has 1 saturated heterocycles. The lowest BCUT2D eigenvalue weighted by Gasteiger charge is -2.27. The minimum Gasteiger partial charge on any atom is -0.350 e. The highest BCUT2D eigenvalue weighted by Crippen LogP contribution is 2.32. The van der Waals surface area contributed by atoms with Crippen LogP contribution in [-0.2, 0) is 0 Å². The Balaban J connectivity index is 0.00000192. The number of amides is 1. The van der Waals surface area contributed by atoms with Crippen LogP contribution in [0.5, 0.6) is 0 Å². The van der Waals surface area contributed by atoms with E-state index in [4.69, 9.17) is 0 Å². The quantitative estimate of drug-likeness (QED) is 0.883. The van der Waals surface area contributed by atoms with Gasteiger partial charge in [0, 0.05) is 49.4 Å². The average Bonchev–Trinajstić information content (AvgIpc) is 2.87. The van der Waals surface area contributed by atoms with Gasteiger partial charge in [0.15, 0.2) is 0 Å². The molecule has 1 aromatic heterocycles. The van der Waals surface area contributed by atoms with Crippen LogP contribution in [-0.4, -0.2) is 50.1 Å². The molecule has 0 radical (unpaired) electrons. The molecule has 0 aliphatic carbocycles. The predicted octanol–water partition coefficient (Wildman–Crippen LogP) is 2.41. The van der Waals surface area contributed by atoms with Crippen molar-refractivity contribution in [3.05, 3.63) is 34.5 Å². The topological polar surface area (TPSA) is 44.4 Å². The summed E-state index contributed by atoms with van der Waals surface area (Å²) in [6.45, 7) is 7.32. The van der Waals surface area contributed by atoms with Crippen molar-refractivity contribution in [3.8, 4) is 0 Å². The molecule has 2 aromatic rings. The standard InChI is InChI=1S/C16H20FN3OS.ClH/c1-11-14-12(17)3-2-4-13(14)22-15(11)16(21)19-7-10-20-8-5-18-6-9-20;/h2-4,18H,5-10H2,1H3,(H,19,21);1H. The zero-order valence-corrected chi connectivity index (χ0v) is 14.7. The minimum absolute atomic E-state index is 0. The monoisotopic (exact) mass is 357 g/mol. The van der Waals surface area contributed by atoms with Gasteiger partial charge in [0.2, 0.25) is 0 Å². The van der Waals surface area contributed by atoms with Crippen LogP contribution in [0.3, 0.4) is 0 Å². The van der Waals surface area contributed by atoms with Gasteiger partial charge in [0.1, 0.15) is 5.82 Å². The van der Waals surface area contributed by atoms with Crippen LogP contribution in [0.15, 0.2) is 18.2 Å². The van der Waals surface area contributed by atoms with Crippen molar-refractivity contribution < 1.29 is 9.18 Å². The molecule has 7 heteroatoms. The first kappa shape index (κ1) is 18.1. The van der Waals surface area contributed by atoms with Crippen molar-refractivity contribution >= 4 is 39.7 Å². The third-order valence-corrected chi connectivity index (χ3v) is 5.29. The number of rotatable bonds is 4. The Morgan fingerprint density at radius 3 is 2.83 bits per heavy atom. The summed E-state index contributed by atoms with van der Waals surface area (Å²) in [5, 5.41) is 6.83. The summed E-state index contributed by atoms with van der Waals surface area (Å²) in [5.41, 5.74) is 0.734. The van der Waals surface area contributed by atoms with E-state index in [1.807, 2.05) is 13.0 Å². The summed E-state index contributed by atoms with van der Waals surface area (Å²) in [4.78, 5) is 15.3. The molecule has 3 rings (SSSR count). The van der Waals surface area contributed by atoms with E-state index in [9.17, 15) is 9.18 Å². The van der Waals surface area contributed by atoms with Crippen LogP contribution in [0.1, 0.15) is 15.2 Å². The maximum Gasteiger partial charge on any atom is 0.261 e. The number of hydrogen-bond acceptors (Lipinski definition) is 4. The molecule has 23 heavy (non-hydrogen) atoms. The molecule has 2 heterocycles. The number of halogens is 2. The van der Waals surface area contributed by atoms with E-state index >= 15 is 0 Å². The third-order valence-electron chi connectivity index (χ3n) is 4.03. The van der Waals surface area contributed by atoms with Gasteiger partial charge in [-0.3, -0.25) is 9.69 Å². The largest absolute Gasteiger partial charge is 0.350 e. The minimum atomic E-state index is -0.258. The van der Waals surface area contributed by atoms with Crippen LogP contribution < -0.4 is 10.6 Å². The van der Waals surface area contributed by atoms with E-state index in [2.05, 4.69) is 15.5 Å². The molecule has 0 unspecified atom stereocenters. The van der Waals surface area contributed by atoms with E-state index in [0.717, 1.165) is 43.0 Å². The van der Waals surface area contributed by atoms with Crippen LogP contribution in [0, 0.1) is 12.7 Å². The molecule has 1 fully saturated rings. The number of fused-ring (bicyclic) bond motifs is 1. The average molecular weight is 358 g/mol. The number of nitrogens with zero attached hydrogens (tertiary/aromatic N) is 1. The van der Waals surface area contributed by atoms with Crippen molar-refractivity contribution in [1.29, 1.82) is 0 Å². The Bertz CT molecular complexity index is 685. The van der Waals surface area contributed by atoms with Crippen LogP contribution in [0.4, 0.5) is 4.39 Å². The SMILES string of the molecule is Cc1c(C(=O)NCCN2CCNCC2)sc2cccc(F)c12.Cl. The second kappa shape index (κ2) is 8.06. The number of benzene rings is 1. The number of thiophene rings is 1. The summed E-state index contributed by atoms with van der Waals surface area (Å²) in [5.74, 6) is -0.362. The molecule has 1 aromatic carbocycles. The maximum absolute atomic E-state index is 13.9. The van der Waals surface area contributed by atoms with E-state index < -0.39 is 0 Å². The molecule has 126 valence electrons. The van der Waals surface area contributed by atoms with Crippen molar-refractivity contribution in [1.82, 2.24) is 15.5 Å². The van der Waals surface area contributed by atoms with E-state index in [1.165, 1.54) is 17.4 Å². The summed E-state index contributed by atoms with van der Waals surface area (Å²) in [6.07, 6.45) is 0. The first-order valence-corrected chi connectivity index (χ1v) is 8.37. The van der Waals surface area contributed by atoms with Crippen molar-refractivity contribution in [3.63, 3.8) is 0 Å². The number of carbonyl (C=O) groups excluding carboxylic acids is 1. The smallest absolute Gasteiger partial charge is 0.261 e. The Hall–Kier alpha value is -1.21. The van der Waals surface area contributed by atoms with Gasteiger partial charge in [0.05, 0.1) is 4.88 Å². The third kappa shape index (κ3) is 4.01. The number of carbonyl (C=O) groups is 1. The van der Waals surface area contributed by atoms with Gasteiger partial charge in [-0.15, -0.1) is 23.7 Å². The highest BCUT2D eigenvalue weighted by atomic mass is 35.5. The van der Waals surface area contributed by atoms with Gasteiger partial charge >= 0.3 is 0 Å². The zero-order chi connectivity index (χ0) is 15.5. The summed E-state index contributed by atoms with van der Waals surface area (Å²) >= 11 is 1.36. The van der Waals surface area contributed by atoms with E-state index in [0.29, 0.717) is 16.8 Å². The number of piperazine rings is 1. The lowest BCUT2D eigenvalue weighted by atomic mass is 10.1. The molecule has 2 N–H and O–H groups in total. The lowest BCUT2D eigenvalue weighted by Crippen LogP contribution is -2.46. The van der Waals surface area contributed by atoms with Gasteiger partial charge < -0.3 is 10.6 Å². The summed E-state index contributed by atoms with van der Waals surface area (Å²) < 4.78 is 14.7. The Morgan fingerprint density at radius 2 is 2.13 bits per heavy atom. The van der Waals surface area contributed by atoms with E-state index in [1.54, 1.807) is 6.07 Å². The van der Waals surface area contributed by atoms with E-state index in [-0.39, 0.29) is 24.1 Å². The Kier molecular flexibility index (Phi) is 6.35. The van der Waals surface area contributed by atoms with Crippen molar-refractivity contribution in [2.24, 2.45) is 0 Å². The zero-order valence-electron chi connectivity index (χ0n) is 13.0. The summed E-state index contributed by atoms with van der Waals surface area (Å²) in [6, 6.07) is 4.97. The lowest BCUT2D eigenvalue weighted by molar-refractivity contribution is 0.0951. The van der Waals surface area contributed by atoms with Crippen LogP contribution in [0.2, 0.25) is 0 Å². The Morgan fingerprint density at radius 1 is 1.39 bits per heavy atom. The van der Waals surface area contributed by atoms with Crippen LogP contribution in [0.25, 0.3) is 10.1 Å². The molecule has 0 spiro atoms. The van der Waals surface area contributed by atoms with Gasteiger partial charge in [-0.1, -0.05) is 6.07 Å². The van der Waals surface area contributed by atoms with Gasteiger partial charge in [-0.05, 0) is 24.6 Å². The number of nitrogens with one attached hydrogen (secondary N) is 2. The molecule has 0 bridgehead atoms. The van der Waals surface area contributed by atoms with Gasteiger partial charge in [0.25, 0.3) is 5.91 Å². The molecular weight excluding hydrogens is 337 g/mol. The molecule has 1 amide bonds. The molecular formula is C16H21ClFN3OS.